The van der Waals surface area contributed by atoms with Crippen LogP contribution in [0.5, 0.6) is 0 Å². The number of methoxy groups -OCH3 is 1. The first-order valence-electron chi connectivity index (χ1n) is 10.2. The number of alkyl halides is 3. The van der Waals surface area contributed by atoms with Crippen molar-refractivity contribution in [2.24, 2.45) is 5.92 Å². The summed E-state index contributed by atoms with van der Waals surface area (Å²) in [5, 5.41) is 10.4. The highest BCUT2D eigenvalue weighted by molar-refractivity contribution is 5.89. The molecular formula is C24H25F3O3. The molecule has 2 aromatic carbocycles. The minimum atomic E-state index is -4.64. The van der Waals surface area contributed by atoms with Crippen molar-refractivity contribution >= 4 is 5.97 Å². The van der Waals surface area contributed by atoms with Crippen LogP contribution in [0, 0.1) is 5.92 Å². The molecule has 0 radical (unpaired) electrons. The molecule has 1 fully saturated rings. The SMILES string of the molecule is COC(=O)c1ccc2c(c1)CCC1CC(O)(C(F)(F)F)CC[C@@]21Cc1ccccc1. The molecule has 2 aliphatic rings. The average molecular weight is 418 g/mol. The van der Waals surface area contributed by atoms with Gasteiger partial charge in [0.2, 0.25) is 0 Å². The van der Waals surface area contributed by atoms with Gasteiger partial charge in [-0.3, -0.25) is 0 Å². The molecule has 1 N–H and O–H groups in total. The van der Waals surface area contributed by atoms with Crippen LogP contribution < -0.4 is 0 Å². The quantitative estimate of drug-likeness (QED) is 0.714. The van der Waals surface area contributed by atoms with E-state index in [0.29, 0.717) is 24.8 Å². The lowest BCUT2D eigenvalue weighted by molar-refractivity contribution is -0.279. The van der Waals surface area contributed by atoms with E-state index in [-0.39, 0.29) is 25.2 Å². The largest absolute Gasteiger partial charge is 0.465 e. The molecule has 2 aliphatic carbocycles. The summed E-state index contributed by atoms with van der Waals surface area (Å²) in [6.45, 7) is 0. The molecule has 160 valence electrons. The van der Waals surface area contributed by atoms with Gasteiger partial charge in [0.1, 0.15) is 0 Å². The number of carbonyl (C=O) groups is 1. The second-order valence-electron chi connectivity index (χ2n) is 8.65. The number of halogens is 3. The number of esters is 1. The van der Waals surface area contributed by atoms with Crippen molar-refractivity contribution < 1.29 is 27.8 Å². The lowest BCUT2D eigenvalue weighted by atomic mass is 9.52. The number of benzene rings is 2. The number of aliphatic hydroxyl groups is 1. The predicted octanol–water partition coefficient (Wildman–Crippen LogP) is 4.99. The summed E-state index contributed by atoms with van der Waals surface area (Å²) in [4.78, 5) is 12.0. The topological polar surface area (TPSA) is 46.5 Å². The van der Waals surface area contributed by atoms with Crippen molar-refractivity contribution in [2.75, 3.05) is 7.11 Å². The van der Waals surface area contributed by atoms with Gasteiger partial charge >= 0.3 is 12.1 Å². The van der Waals surface area contributed by atoms with E-state index in [9.17, 15) is 23.1 Å². The van der Waals surface area contributed by atoms with Crippen LogP contribution in [0.1, 0.15) is 52.7 Å². The molecule has 3 nitrogen and oxygen atoms in total. The lowest BCUT2D eigenvalue weighted by Gasteiger charge is -2.53. The third-order valence-corrected chi connectivity index (χ3v) is 7.07. The van der Waals surface area contributed by atoms with Crippen molar-refractivity contribution in [3.63, 3.8) is 0 Å². The molecule has 4 rings (SSSR count). The number of ether oxygens (including phenoxy) is 1. The van der Waals surface area contributed by atoms with Crippen molar-refractivity contribution in [3.8, 4) is 0 Å². The standard InChI is InChI=1S/C24H25F3O3/c1-30-21(28)18-8-10-20-17(13-18)7-9-19-15-23(29,24(25,26)27)12-11-22(19,20)14-16-5-3-2-4-6-16/h2-6,8,10,13,19,29H,7,9,11-12,14-15H2,1H3/t19?,22-,23?/m0/s1. The van der Waals surface area contributed by atoms with Gasteiger partial charge in [-0.05, 0) is 73.3 Å². The average Bonchev–Trinajstić information content (AvgIpc) is 2.73. The first kappa shape index (κ1) is 20.9. The summed E-state index contributed by atoms with van der Waals surface area (Å²) in [6.07, 6.45) is -3.28. The molecule has 0 bridgehead atoms. The number of hydrogen-bond acceptors (Lipinski definition) is 3. The van der Waals surface area contributed by atoms with Gasteiger partial charge in [-0.1, -0.05) is 36.4 Å². The van der Waals surface area contributed by atoms with Crippen molar-refractivity contribution in [2.45, 2.75) is 55.7 Å². The first-order valence-corrected chi connectivity index (χ1v) is 10.2. The normalized spacial score (nSPS) is 28.4. The minimum Gasteiger partial charge on any atom is -0.465 e. The van der Waals surface area contributed by atoms with Crippen LogP contribution in [-0.4, -0.2) is 30.0 Å². The van der Waals surface area contributed by atoms with E-state index in [0.717, 1.165) is 16.7 Å². The summed E-state index contributed by atoms with van der Waals surface area (Å²) < 4.78 is 45.7. The lowest BCUT2D eigenvalue weighted by Crippen LogP contribution is -2.56. The molecule has 3 atom stereocenters. The van der Waals surface area contributed by atoms with Crippen LogP contribution in [0.4, 0.5) is 13.2 Å². The monoisotopic (exact) mass is 418 g/mol. The molecule has 0 aliphatic heterocycles. The van der Waals surface area contributed by atoms with Gasteiger partial charge in [-0.25, -0.2) is 4.79 Å². The van der Waals surface area contributed by atoms with Crippen LogP contribution in [0.25, 0.3) is 0 Å². The third kappa shape index (κ3) is 3.41. The van der Waals surface area contributed by atoms with Crippen LogP contribution in [0.15, 0.2) is 48.5 Å². The van der Waals surface area contributed by atoms with Crippen LogP contribution in [0.3, 0.4) is 0 Å². The second kappa shape index (κ2) is 7.41. The highest BCUT2D eigenvalue weighted by Gasteiger charge is 2.61. The summed E-state index contributed by atoms with van der Waals surface area (Å²) >= 11 is 0. The zero-order valence-electron chi connectivity index (χ0n) is 16.8. The van der Waals surface area contributed by atoms with E-state index in [2.05, 4.69) is 0 Å². The maximum absolute atomic E-state index is 13.6. The third-order valence-electron chi connectivity index (χ3n) is 7.07. The molecular weight excluding hydrogens is 393 g/mol. The Bertz CT molecular complexity index is 940. The number of rotatable bonds is 3. The van der Waals surface area contributed by atoms with Gasteiger partial charge in [-0.2, -0.15) is 13.2 Å². The Hall–Kier alpha value is -2.34. The summed E-state index contributed by atoms with van der Waals surface area (Å²) in [5.41, 5.74) is 0.363. The molecule has 30 heavy (non-hydrogen) atoms. The summed E-state index contributed by atoms with van der Waals surface area (Å²) in [6, 6.07) is 15.2. The number of carbonyl (C=O) groups excluding carboxylic acids is 1. The Morgan fingerprint density at radius 3 is 2.57 bits per heavy atom. The molecule has 0 amide bonds. The Morgan fingerprint density at radius 1 is 1.17 bits per heavy atom. The maximum atomic E-state index is 13.6. The molecule has 2 aromatic rings. The van der Waals surface area contributed by atoms with Crippen molar-refractivity contribution in [3.05, 3.63) is 70.8 Å². The van der Waals surface area contributed by atoms with Gasteiger partial charge in [0, 0.05) is 5.41 Å². The second-order valence-corrected chi connectivity index (χ2v) is 8.65. The molecule has 0 spiro atoms. The zero-order valence-corrected chi connectivity index (χ0v) is 16.8. The van der Waals surface area contributed by atoms with Crippen molar-refractivity contribution in [1.82, 2.24) is 0 Å². The highest BCUT2D eigenvalue weighted by Crippen LogP contribution is 2.57. The fourth-order valence-corrected chi connectivity index (χ4v) is 5.48. The molecule has 6 heteroatoms. The van der Waals surface area contributed by atoms with Crippen LogP contribution in [0.2, 0.25) is 0 Å². The van der Waals surface area contributed by atoms with Gasteiger partial charge in [0.25, 0.3) is 0 Å². The number of hydrogen-bond donors (Lipinski definition) is 1. The smallest absolute Gasteiger partial charge is 0.417 e. The molecule has 0 aromatic heterocycles. The highest BCUT2D eigenvalue weighted by atomic mass is 19.4. The van der Waals surface area contributed by atoms with Crippen LogP contribution in [-0.2, 0) is 23.0 Å². The maximum Gasteiger partial charge on any atom is 0.417 e. The van der Waals surface area contributed by atoms with E-state index in [4.69, 9.17) is 4.74 Å². The van der Waals surface area contributed by atoms with Crippen molar-refractivity contribution in [1.29, 1.82) is 0 Å². The Morgan fingerprint density at radius 2 is 1.90 bits per heavy atom. The minimum absolute atomic E-state index is 0.243. The fourth-order valence-electron chi connectivity index (χ4n) is 5.48. The van der Waals surface area contributed by atoms with Crippen LogP contribution >= 0.6 is 0 Å². The van der Waals surface area contributed by atoms with E-state index in [1.54, 1.807) is 6.07 Å². The molecule has 1 saturated carbocycles. The molecule has 2 unspecified atom stereocenters. The van der Waals surface area contributed by atoms with Gasteiger partial charge < -0.3 is 9.84 Å². The number of fused-ring (bicyclic) bond motifs is 3. The van der Waals surface area contributed by atoms with E-state index < -0.39 is 23.2 Å². The van der Waals surface area contributed by atoms with E-state index in [1.807, 2.05) is 42.5 Å². The number of aryl methyl sites for hydroxylation is 1. The van der Waals surface area contributed by atoms with E-state index >= 15 is 0 Å². The van der Waals surface area contributed by atoms with Gasteiger partial charge in [0.15, 0.2) is 5.60 Å². The Labute approximate surface area is 173 Å². The predicted molar refractivity (Wildman–Crippen MR) is 106 cm³/mol. The fraction of sp³-hybridized carbons (Fsp3) is 0.458. The molecule has 0 saturated heterocycles. The summed E-state index contributed by atoms with van der Waals surface area (Å²) in [5.74, 6) is -0.721. The Kier molecular flexibility index (Phi) is 5.17. The van der Waals surface area contributed by atoms with E-state index in [1.165, 1.54) is 7.11 Å². The zero-order chi connectivity index (χ0) is 21.6. The molecule has 0 heterocycles. The Balaban J connectivity index is 1.79. The first-order chi connectivity index (χ1) is 14.2. The van der Waals surface area contributed by atoms with Gasteiger partial charge in [0.05, 0.1) is 12.7 Å². The van der Waals surface area contributed by atoms with Gasteiger partial charge in [-0.15, -0.1) is 0 Å². The summed E-state index contributed by atoms with van der Waals surface area (Å²) in [7, 11) is 1.33.